The predicted molar refractivity (Wildman–Crippen MR) is 115 cm³/mol. The smallest absolute Gasteiger partial charge is 0.165 e. The molecule has 1 N–H and O–H groups in total. The molecule has 0 radical (unpaired) electrons. The zero-order valence-corrected chi connectivity index (χ0v) is 17.7. The van der Waals surface area contributed by atoms with Crippen LogP contribution in [0.1, 0.15) is 58.3 Å². The minimum absolute atomic E-state index is 0.0580. The van der Waals surface area contributed by atoms with E-state index in [1.807, 2.05) is 35.7 Å². The summed E-state index contributed by atoms with van der Waals surface area (Å²) in [5, 5.41) is 9.07. The van der Waals surface area contributed by atoms with Crippen LogP contribution in [-0.4, -0.2) is 21.1 Å². The second kappa shape index (κ2) is 7.89. The van der Waals surface area contributed by atoms with Crippen molar-refractivity contribution in [3.8, 4) is 11.1 Å². The molecule has 0 unspecified atom stereocenters. The lowest BCUT2D eigenvalue weighted by atomic mass is 9.92. The molecule has 5 heteroatoms. The molecule has 2 heterocycles. The maximum absolute atomic E-state index is 6.50. The van der Waals surface area contributed by atoms with Gasteiger partial charge in [0.1, 0.15) is 5.82 Å². The summed E-state index contributed by atoms with van der Waals surface area (Å²) in [6.45, 7) is 11.7. The largest absolute Gasteiger partial charge is 0.370 e. The van der Waals surface area contributed by atoms with Crippen LogP contribution in [0.25, 0.3) is 16.8 Å². The third-order valence-corrected chi connectivity index (χ3v) is 5.09. The molecule has 27 heavy (non-hydrogen) atoms. The van der Waals surface area contributed by atoms with Crippen LogP contribution in [-0.2, 0) is 5.41 Å². The van der Waals surface area contributed by atoms with E-state index in [0.29, 0.717) is 0 Å². The molecule has 1 aromatic carbocycles. The highest BCUT2D eigenvalue weighted by Gasteiger charge is 2.22. The van der Waals surface area contributed by atoms with Crippen molar-refractivity contribution < 1.29 is 0 Å². The topological polar surface area (TPSA) is 42.2 Å². The summed E-state index contributed by atoms with van der Waals surface area (Å²) in [5.74, 6) is 0.988. The van der Waals surface area contributed by atoms with Crippen LogP contribution in [0.4, 0.5) is 5.82 Å². The number of nitrogens with zero attached hydrogens (tertiary/aromatic N) is 3. The van der Waals surface area contributed by atoms with E-state index in [2.05, 4.69) is 39.1 Å². The van der Waals surface area contributed by atoms with E-state index in [9.17, 15) is 0 Å². The number of aryl methyl sites for hydroxylation is 1. The number of benzene rings is 1. The van der Waals surface area contributed by atoms with Gasteiger partial charge in [-0.1, -0.05) is 70.3 Å². The summed E-state index contributed by atoms with van der Waals surface area (Å²) in [5.41, 5.74) is 4.74. The quantitative estimate of drug-likeness (QED) is 0.510. The fourth-order valence-electron chi connectivity index (χ4n) is 3.20. The maximum Gasteiger partial charge on any atom is 0.165 e. The lowest BCUT2D eigenvalue weighted by Crippen LogP contribution is -2.17. The molecule has 3 aromatic rings. The second-order valence-corrected chi connectivity index (χ2v) is 8.49. The van der Waals surface area contributed by atoms with Gasteiger partial charge in [-0.15, -0.1) is 0 Å². The SMILES string of the molecule is CCCCCNc1cc(C(C)(C)C)nc2c(-c3ccccc3Cl)c(C)nn12. The molecular formula is C22H29ClN4. The van der Waals surface area contributed by atoms with Crippen LogP contribution in [0.2, 0.25) is 5.02 Å². The van der Waals surface area contributed by atoms with Gasteiger partial charge >= 0.3 is 0 Å². The molecule has 0 fully saturated rings. The highest BCUT2D eigenvalue weighted by atomic mass is 35.5. The minimum atomic E-state index is -0.0580. The summed E-state index contributed by atoms with van der Waals surface area (Å²) in [6.07, 6.45) is 3.57. The van der Waals surface area contributed by atoms with Crippen molar-refractivity contribution in [3.05, 3.63) is 46.7 Å². The standard InChI is InChI=1S/C22H29ClN4/c1-6-7-10-13-24-19-14-18(22(3,4)5)25-21-20(15(2)26-27(19)21)16-11-8-9-12-17(16)23/h8-9,11-12,14,24H,6-7,10,13H2,1-5H3. The molecular weight excluding hydrogens is 356 g/mol. The van der Waals surface area contributed by atoms with Gasteiger partial charge in [0, 0.05) is 28.6 Å². The van der Waals surface area contributed by atoms with Crippen molar-refractivity contribution >= 4 is 23.1 Å². The van der Waals surface area contributed by atoms with E-state index >= 15 is 0 Å². The van der Waals surface area contributed by atoms with Crippen LogP contribution in [0, 0.1) is 6.92 Å². The van der Waals surface area contributed by atoms with Gasteiger partial charge in [0.15, 0.2) is 5.65 Å². The first-order valence-corrected chi connectivity index (χ1v) is 10.1. The van der Waals surface area contributed by atoms with E-state index in [1.165, 1.54) is 12.8 Å². The summed E-state index contributed by atoms with van der Waals surface area (Å²) >= 11 is 6.50. The summed E-state index contributed by atoms with van der Waals surface area (Å²) in [7, 11) is 0. The highest BCUT2D eigenvalue weighted by Crippen LogP contribution is 2.35. The number of hydrogen-bond acceptors (Lipinski definition) is 3. The monoisotopic (exact) mass is 384 g/mol. The van der Waals surface area contributed by atoms with Gasteiger partial charge in [0.25, 0.3) is 0 Å². The van der Waals surface area contributed by atoms with Crippen molar-refractivity contribution in [2.45, 2.75) is 59.3 Å². The van der Waals surface area contributed by atoms with Crippen LogP contribution < -0.4 is 5.32 Å². The number of unbranched alkanes of at least 4 members (excludes halogenated alkanes) is 2. The van der Waals surface area contributed by atoms with Gasteiger partial charge in [0.05, 0.1) is 17.0 Å². The molecule has 0 atom stereocenters. The van der Waals surface area contributed by atoms with Gasteiger partial charge in [-0.25, -0.2) is 4.98 Å². The Balaban J connectivity index is 2.18. The van der Waals surface area contributed by atoms with E-state index in [-0.39, 0.29) is 5.41 Å². The lowest BCUT2D eigenvalue weighted by Gasteiger charge is -2.20. The zero-order chi connectivity index (χ0) is 19.6. The third kappa shape index (κ3) is 4.11. The number of halogens is 1. The molecule has 0 bridgehead atoms. The van der Waals surface area contributed by atoms with Crippen LogP contribution in [0.15, 0.2) is 30.3 Å². The number of fused-ring (bicyclic) bond motifs is 1. The van der Waals surface area contributed by atoms with Crippen LogP contribution >= 0.6 is 11.6 Å². The zero-order valence-electron chi connectivity index (χ0n) is 16.9. The molecule has 4 nitrogen and oxygen atoms in total. The summed E-state index contributed by atoms with van der Waals surface area (Å²) in [4.78, 5) is 4.99. The van der Waals surface area contributed by atoms with Crippen molar-refractivity contribution in [1.29, 1.82) is 0 Å². The fraction of sp³-hybridized carbons (Fsp3) is 0.455. The molecule has 0 saturated heterocycles. The van der Waals surface area contributed by atoms with Gasteiger partial charge < -0.3 is 5.32 Å². The molecule has 0 aliphatic rings. The van der Waals surface area contributed by atoms with E-state index < -0.39 is 0 Å². The van der Waals surface area contributed by atoms with Crippen molar-refractivity contribution in [2.24, 2.45) is 0 Å². The Morgan fingerprint density at radius 3 is 2.56 bits per heavy atom. The lowest BCUT2D eigenvalue weighted by molar-refractivity contribution is 0.568. The molecule has 0 aliphatic carbocycles. The van der Waals surface area contributed by atoms with E-state index in [4.69, 9.17) is 21.7 Å². The van der Waals surface area contributed by atoms with Crippen LogP contribution in [0.5, 0.6) is 0 Å². The summed E-state index contributed by atoms with van der Waals surface area (Å²) < 4.78 is 1.93. The van der Waals surface area contributed by atoms with Gasteiger partial charge in [-0.05, 0) is 19.4 Å². The highest BCUT2D eigenvalue weighted by molar-refractivity contribution is 6.33. The van der Waals surface area contributed by atoms with Crippen LogP contribution in [0.3, 0.4) is 0 Å². The molecule has 2 aromatic heterocycles. The number of rotatable bonds is 6. The van der Waals surface area contributed by atoms with Crippen molar-refractivity contribution in [3.63, 3.8) is 0 Å². The maximum atomic E-state index is 6.50. The Morgan fingerprint density at radius 1 is 1.15 bits per heavy atom. The first-order valence-electron chi connectivity index (χ1n) is 9.72. The van der Waals surface area contributed by atoms with E-state index in [1.54, 1.807) is 0 Å². The number of anilines is 1. The number of nitrogens with one attached hydrogen (secondary N) is 1. The molecule has 0 spiro atoms. The Morgan fingerprint density at radius 2 is 1.89 bits per heavy atom. The van der Waals surface area contributed by atoms with Gasteiger partial charge in [-0.3, -0.25) is 0 Å². The van der Waals surface area contributed by atoms with Crippen molar-refractivity contribution in [1.82, 2.24) is 14.6 Å². The minimum Gasteiger partial charge on any atom is -0.370 e. The first-order chi connectivity index (χ1) is 12.8. The fourth-order valence-corrected chi connectivity index (χ4v) is 3.43. The first kappa shape index (κ1) is 19.7. The number of hydrogen-bond donors (Lipinski definition) is 1. The Bertz CT molecular complexity index is 937. The van der Waals surface area contributed by atoms with Crippen molar-refractivity contribution in [2.75, 3.05) is 11.9 Å². The average Bonchev–Trinajstić information content (AvgIpc) is 2.94. The summed E-state index contributed by atoms with van der Waals surface area (Å²) in [6, 6.07) is 10.0. The Labute approximate surface area is 167 Å². The Hall–Kier alpha value is -2.07. The molecule has 0 aliphatic heterocycles. The number of aromatic nitrogens is 3. The molecule has 0 amide bonds. The van der Waals surface area contributed by atoms with E-state index in [0.717, 1.165) is 52.0 Å². The predicted octanol–water partition coefficient (Wildman–Crippen LogP) is 6.26. The van der Waals surface area contributed by atoms with Gasteiger partial charge in [-0.2, -0.15) is 9.61 Å². The molecule has 3 rings (SSSR count). The van der Waals surface area contributed by atoms with Gasteiger partial charge in [0.2, 0.25) is 0 Å². The Kier molecular flexibility index (Phi) is 5.75. The normalized spacial score (nSPS) is 11.9. The average molecular weight is 385 g/mol. The second-order valence-electron chi connectivity index (χ2n) is 8.09. The third-order valence-electron chi connectivity index (χ3n) is 4.76. The molecule has 0 saturated carbocycles. The molecule has 144 valence electrons.